The molecule has 3 aromatic rings. The van der Waals surface area contributed by atoms with Gasteiger partial charge in [-0.25, -0.2) is 9.97 Å². The van der Waals surface area contributed by atoms with Crippen molar-refractivity contribution in [3.8, 4) is 5.75 Å². The summed E-state index contributed by atoms with van der Waals surface area (Å²) >= 11 is 0. The third kappa shape index (κ3) is 3.66. The Labute approximate surface area is 191 Å². The van der Waals surface area contributed by atoms with Crippen LogP contribution in [0.25, 0.3) is 11.0 Å². The second-order valence-electron chi connectivity index (χ2n) is 9.49. The van der Waals surface area contributed by atoms with Crippen LogP contribution in [0.3, 0.4) is 0 Å². The van der Waals surface area contributed by atoms with Gasteiger partial charge in [0.1, 0.15) is 23.8 Å². The molecule has 0 atom stereocenters. The number of hydrogen-bond donors (Lipinski definition) is 1. The van der Waals surface area contributed by atoms with Crippen LogP contribution in [0, 0.1) is 12.8 Å². The number of carbonyl (C=O) groups excluding carboxylic acids is 1. The van der Waals surface area contributed by atoms with Crippen LogP contribution in [0.5, 0.6) is 5.75 Å². The van der Waals surface area contributed by atoms with Crippen molar-refractivity contribution in [1.82, 2.24) is 24.4 Å². The van der Waals surface area contributed by atoms with Crippen LogP contribution in [-0.4, -0.2) is 57.4 Å². The molecule has 3 aliphatic carbocycles. The van der Waals surface area contributed by atoms with Gasteiger partial charge in [-0.2, -0.15) is 4.98 Å². The summed E-state index contributed by atoms with van der Waals surface area (Å²) in [6.45, 7) is 4.63. The molecule has 9 nitrogen and oxygen atoms in total. The summed E-state index contributed by atoms with van der Waals surface area (Å²) in [5, 5.41) is 3.85. The minimum absolute atomic E-state index is 0.215. The number of anilines is 2. The van der Waals surface area contributed by atoms with Crippen LogP contribution < -0.4 is 15.6 Å². The Hall–Kier alpha value is -3.33. The Morgan fingerprint density at radius 2 is 2.00 bits per heavy atom. The van der Waals surface area contributed by atoms with Crippen molar-refractivity contribution in [1.29, 1.82) is 0 Å². The summed E-state index contributed by atoms with van der Waals surface area (Å²) in [6, 6.07) is 3.64. The highest BCUT2D eigenvalue weighted by Gasteiger charge is 2.59. The maximum Gasteiger partial charge on any atom is 0.263 e. The first-order chi connectivity index (χ1) is 15.8. The van der Waals surface area contributed by atoms with Crippen molar-refractivity contribution in [2.75, 3.05) is 32.6 Å². The van der Waals surface area contributed by atoms with E-state index < -0.39 is 0 Å². The van der Waals surface area contributed by atoms with E-state index in [1.165, 1.54) is 6.92 Å². The normalized spacial score (nSPS) is 20.9. The number of pyridine rings is 2. The van der Waals surface area contributed by atoms with Crippen molar-refractivity contribution in [3.63, 3.8) is 0 Å². The maximum absolute atomic E-state index is 13.4. The van der Waals surface area contributed by atoms with Crippen molar-refractivity contribution in [3.05, 3.63) is 46.0 Å². The van der Waals surface area contributed by atoms with Gasteiger partial charge in [0, 0.05) is 18.1 Å². The first-order valence-corrected chi connectivity index (χ1v) is 11.2. The Morgan fingerprint density at radius 3 is 2.58 bits per heavy atom. The number of fused-ring (bicyclic) bond motifs is 1. The number of Topliss-reactive ketones (excluding diaryl/α,β-unsaturated/α-hetero) is 1. The van der Waals surface area contributed by atoms with Crippen LogP contribution >= 0.6 is 0 Å². The molecule has 6 rings (SSSR count). The number of ketones is 1. The van der Waals surface area contributed by atoms with Gasteiger partial charge >= 0.3 is 0 Å². The van der Waals surface area contributed by atoms with Crippen molar-refractivity contribution >= 4 is 28.6 Å². The minimum Gasteiger partial charge on any atom is -0.491 e. The van der Waals surface area contributed by atoms with E-state index in [1.807, 2.05) is 25.1 Å². The number of likely N-dealkylation sites (N-methyl/N-ethyl adjacent to an activating group) is 1. The zero-order chi connectivity index (χ0) is 23.3. The fourth-order valence-corrected chi connectivity index (χ4v) is 4.93. The molecule has 0 spiro atoms. The second kappa shape index (κ2) is 7.91. The van der Waals surface area contributed by atoms with Gasteiger partial charge in [-0.1, -0.05) is 0 Å². The monoisotopic (exact) mass is 448 g/mol. The van der Waals surface area contributed by atoms with Gasteiger partial charge in [0.2, 0.25) is 5.95 Å². The smallest absolute Gasteiger partial charge is 0.263 e. The Balaban J connectivity index is 1.47. The number of carbonyl (C=O) groups is 1. The molecule has 3 fully saturated rings. The zero-order valence-electron chi connectivity index (χ0n) is 19.4. The van der Waals surface area contributed by atoms with E-state index in [1.54, 1.807) is 30.0 Å². The topological polar surface area (TPSA) is 102 Å². The molecule has 1 N–H and O–H groups in total. The molecule has 3 aliphatic rings. The molecule has 0 saturated heterocycles. The van der Waals surface area contributed by atoms with Gasteiger partial charge < -0.3 is 15.0 Å². The molecular weight excluding hydrogens is 420 g/mol. The Kier molecular flexibility index (Phi) is 5.16. The first kappa shape index (κ1) is 21.5. The van der Waals surface area contributed by atoms with Gasteiger partial charge in [-0.3, -0.25) is 14.2 Å². The quantitative estimate of drug-likeness (QED) is 0.525. The summed E-state index contributed by atoms with van der Waals surface area (Å²) in [4.78, 5) is 41.2. The third-order valence-corrected chi connectivity index (χ3v) is 6.79. The predicted molar refractivity (Wildman–Crippen MR) is 125 cm³/mol. The molecule has 0 unspecified atom stereocenters. The summed E-state index contributed by atoms with van der Waals surface area (Å²) in [6.07, 6.45) is 6.23. The number of ether oxygens (including phenoxy) is 1. The van der Waals surface area contributed by atoms with E-state index in [-0.39, 0.29) is 22.4 Å². The predicted octanol–water partition coefficient (Wildman–Crippen LogP) is 2.89. The lowest BCUT2D eigenvalue weighted by Gasteiger charge is -2.62. The van der Waals surface area contributed by atoms with Crippen LogP contribution in [0.1, 0.15) is 42.1 Å². The number of hydrogen-bond acceptors (Lipinski definition) is 8. The van der Waals surface area contributed by atoms with Crippen molar-refractivity contribution in [2.45, 2.75) is 38.6 Å². The third-order valence-electron chi connectivity index (χ3n) is 6.79. The highest BCUT2D eigenvalue weighted by atomic mass is 16.5. The Morgan fingerprint density at radius 1 is 1.24 bits per heavy atom. The van der Waals surface area contributed by atoms with E-state index >= 15 is 0 Å². The lowest BCUT2D eigenvalue weighted by Crippen LogP contribution is -2.62. The lowest BCUT2D eigenvalue weighted by atomic mass is 9.49. The minimum atomic E-state index is -0.243. The highest BCUT2D eigenvalue weighted by Crippen LogP contribution is 2.62. The molecule has 2 bridgehead atoms. The van der Waals surface area contributed by atoms with Crippen molar-refractivity contribution in [2.24, 2.45) is 5.92 Å². The van der Waals surface area contributed by atoms with E-state index in [0.29, 0.717) is 41.3 Å². The SMILES string of the molecule is CC(=O)c1c(C)c2cnc(Nc3ccc(OCCN(C)C)cn3)nc2n(C23CC(C2)C3)c1=O. The number of nitrogens with zero attached hydrogens (tertiary/aromatic N) is 5. The van der Waals surface area contributed by atoms with Crippen LogP contribution in [0.2, 0.25) is 0 Å². The summed E-state index contributed by atoms with van der Waals surface area (Å²) in [5.74, 6) is 2.07. The second-order valence-corrected chi connectivity index (χ2v) is 9.49. The molecule has 3 aromatic heterocycles. The summed E-state index contributed by atoms with van der Waals surface area (Å²) < 4.78 is 7.44. The zero-order valence-corrected chi connectivity index (χ0v) is 19.4. The fraction of sp³-hybridized carbons (Fsp3) is 0.458. The standard InChI is InChI=1S/C24H28N6O3/c1-14-18-13-26-23(27-19-6-5-17(12-25-19)33-8-7-29(3)4)28-21(18)30(22(32)20(14)15(2)31)24-9-16(10-24)11-24/h5-6,12-13,16H,7-11H2,1-4H3,(H,25,26,27,28). The molecule has 0 amide bonds. The molecule has 9 heteroatoms. The van der Waals surface area contributed by atoms with E-state index in [9.17, 15) is 9.59 Å². The average Bonchev–Trinajstić information content (AvgIpc) is 2.69. The molecule has 0 aromatic carbocycles. The fourth-order valence-electron chi connectivity index (χ4n) is 4.93. The molecular formula is C24H28N6O3. The highest BCUT2D eigenvalue weighted by molar-refractivity contribution is 5.99. The molecule has 172 valence electrons. The largest absolute Gasteiger partial charge is 0.491 e. The van der Waals surface area contributed by atoms with Crippen LogP contribution in [0.15, 0.2) is 29.3 Å². The summed E-state index contributed by atoms with van der Waals surface area (Å²) in [7, 11) is 3.99. The van der Waals surface area contributed by atoms with Gasteiger partial charge in [-0.05, 0) is 70.8 Å². The number of nitrogens with one attached hydrogen (secondary N) is 1. The number of aromatic nitrogens is 4. The van der Waals surface area contributed by atoms with Crippen LogP contribution in [0.4, 0.5) is 11.8 Å². The van der Waals surface area contributed by atoms with Gasteiger partial charge in [0.15, 0.2) is 5.78 Å². The first-order valence-electron chi connectivity index (χ1n) is 11.2. The molecule has 0 radical (unpaired) electrons. The number of aryl methyl sites for hydroxylation is 1. The van der Waals surface area contributed by atoms with Gasteiger partial charge in [0.05, 0.1) is 17.3 Å². The van der Waals surface area contributed by atoms with E-state index in [4.69, 9.17) is 9.72 Å². The maximum atomic E-state index is 13.4. The molecule has 3 saturated carbocycles. The van der Waals surface area contributed by atoms with E-state index in [2.05, 4.69) is 15.3 Å². The molecule has 0 aliphatic heterocycles. The van der Waals surface area contributed by atoms with Gasteiger partial charge in [0.25, 0.3) is 5.56 Å². The Bertz CT molecular complexity index is 1280. The number of rotatable bonds is 8. The average molecular weight is 449 g/mol. The lowest BCUT2D eigenvalue weighted by molar-refractivity contribution is -0.0884. The van der Waals surface area contributed by atoms with Crippen molar-refractivity contribution < 1.29 is 9.53 Å². The molecule has 3 heterocycles. The van der Waals surface area contributed by atoms with E-state index in [0.717, 1.165) is 31.2 Å². The van der Waals surface area contributed by atoms with Crippen LogP contribution in [-0.2, 0) is 5.54 Å². The molecule has 33 heavy (non-hydrogen) atoms. The van der Waals surface area contributed by atoms with Gasteiger partial charge in [-0.15, -0.1) is 0 Å². The summed E-state index contributed by atoms with van der Waals surface area (Å²) in [5.41, 5.74) is 0.986.